The lowest BCUT2D eigenvalue weighted by atomic mass is 10.0. The molecule has 1 aliphatic heterocycles. The Morgan fingerprint density at radius 1 is 1.39 bits per heavy atom. The van der Waals surface area contributed by atoms with Crippen molar-refractivity contribution >= 4 is 17.5 Å². The Morgan fingerprint density at radius 3 is 2.50 bits per heavy atom. The van der Waals surface area contributed by atoms with E-state index in [0.29, 0.717) is 25.9 Å². The van der Waals surface area contributed by atoms with E-state index in [4.69, 9.17) is 11.6 Å². The Labute approximate surface area is 108 Å². The van der Waals surface area contributed by atoms with Crippen molar-refractivity contribution in [2.24, 2.45) is 0 Å². The maximum atomic E-state index is 11.8. The topological polar surface area (TPSA) is 75.2 Å². The van der Waals surface area contributed by atoms with Gasteiger partial charge in [0.2, 0.25) is 5.91 Å². The van der Waals surface area contributed by atoms with Crippen LogP contribution in [0.1, 0.15) is 25.8 Å². The largest absolute Gasteiger partial charge is 0.343 e. The summed E-state index contributed by atoms with van der Waals surface area (Å²) >= 11 is 5.60. The summed E-state index contributed by atoms with van der Waals surface area (Å²) in [4.78, 5) is 38.8. The highest BCUT2D eigenvalue weighted by Gasteiger charge is 2.24. The number of halogens is 1. The van der Waals surface area contributed by atoms with Gasteiger partial charge in [-0.15, -0.1) is 0 Å². The fourth-order valence-corrected chi connectivity index (χ4v) is 2.44. The maximum Gasteiger partial charge on any atom is 0.329 e. The third kappa shape index (κ3) is 2.48. The van der Waals surface area contributed by atoms with Crippen LogP contribution in [-0.2, 0) is 4.79 Å². The molecule has 1 aromatic rings. The number of nitrogens with one attached hydrogen (secondary N) is 1. The van der Waals surface area contributed by atoms with Crippen molar-refractivity contribution < 1.29 is 4.79 Å². The van der Waals surface area contributed by atoms with Crippen LogP contribution in [0.4, 0.5) is 0 Å². The van der Waals surface area contributed by atoms with E-state index in [1.165, 1.54) is 17.6 Å². The number of rotatable bonds is 1. The summed E-state index contributed by atoms with van der Waals surface area (Å²) in [5.74, 6) is 0.0193. The molecule has 6 nitrogen and oxygen atoms in total. The Bertz CT molecular complexity index is 538. The van der Waals surface area contributed by atoms with Gasteiger partial charge in [-0.2, -0.15) is 0 Å². The number of hydrogen-bond acceptors (Lipinski definition) is 3. The standard InChI is InChI=1S/C11H14ClN3O3/c1-7(16)14-4-2-8(3-5-14)15-10(17)6-9(12)13-11(15)18/h6,8H,2-5H2,1H3,(H,13,18). The summed E-state index contributed by atoms with van der Waals surface area (Å²) in [5.41, 5.74) is -0.890. The minimum atomic E-state index is -0.492. The van der Waals surface area contributed by atoms with Crippen LogP contribution in [0.3, 0.4) is 0 Å². The second kappa shape index (κ2) is 4.97. The molecule has 2 heterocycles. The van der Waals surface area contributed by atoms with Gasteiger partial charge in [0.05, 0.1) is 0 Å². The molecule has 98 valence electrons. The van der Waals surface area contributed by atoms with Crippen molar-refractivity contribution in [3.63, 3.8) is 0 Å². The molecule has 0 radical (unpaired) electrons. The Hall–Kier alpha value is -1.56. The van der Waals surface area contributed by atoms with Crippen molar-refractivity contribution in [3.8, 4) is 0 Å². The summed E-state index contributed by atoms with van der Waals surface area (Å²) in [6.45, 7) is 2.64. The quantitative estimate of drug-likeness (QED) is 0.750. The van der Waals surface area contributed by atoms with Gasteiger partial charge in [0.15, 0.2) is 0 Å². The number of hydrogen-bond donors (Lipinski definition) is 1. The molecule has 0 aromatic carbocycles. The van der Waals surface area contributed by atoms with E-state index in [2.05, 4.69) is 4.98 Å². The number of piperidine rings is 1. The van der Waals surface area contributed by atoms with Crippen molar-refractivity contribution in [2.75, 3.05) is 13.1 Å². The highest BCUT2D eigenvalue weighted by Crippen LogP contribution is 2.19. The summed E-state index contributed by atoms with van der Waals surface area (Å²) < 4.78 is 1.18. The molecule has 0 saturated carbocycles. The molecule has 18 heavy (non-hydrogen) atoms. The van der Waals surface area contributed by atoms with Crippen molar-refractivity contribution in [2.45, 2.75) is 25.8 Å². The molecule has 1 aliphatic rings. The van der Waals surface area contributed by atoms with Gasteiger partial charge in [-0.3, -0.25) is 19.1 Å². The van der Waals surface area contributed by atoms with Crippen LogP contribution in [0.25, 0.3) is 0 Å². The Morgan fingerprint density at radius 2 is 2.00 bits per heavy atom. The zero-order chi connectivity index (χ0) is 13.3. The SMILES string of the molecule is CC(=O)N1CCC(n2c(=O)cc(Cl)[nH]c2=O)CC1. The van der Waals surface area contributed by atoms with Gasteiger partial charge in [-0.25, -0.2) is 4.79 Å². The average molecular weight is 272 g/mol. The van der Waals surface area contributed by atoms with Crippen molar-refractivity contribution in [3.05, 3.63) is 32.1 Å². The van der Waals surface area contributed by atoms with Crippen LogP contribution >= 0.6 is 11.6 Å². The monoisotopic (exact) mass is 271 g/mol. The lowest BCUT2D eigenvalue weighted by molar-refractivity contribution is -0.130. The third-order valence-electron chi connectivity index (χ3n) is 3.21. The first-order valence-corrected chi connectivity index (χ1v) is 6.13. The van der Waals surface area contributed by atoms with Gasteiger partial charge in [0.1, 0.15) is 5.15 Å². The number of amides is 1. The van der Waals surface area contributed by atoms with Crippen molar-refractivity contribution in [1.82, 2.24) is 14.5 Å². The van der Waals surface area contributed by atoms with E-state index in [-0.39, 0.29) is 17.1 Å². The van der Waals surface area contributed by atoms with Crippen LogP contribution in [0.2, 0.25) is 5.15 Å². The van der Waals surface area contributed by atoms with E-state index in [1.807, 2.05) is 0 Å². The first-order valence-electron chi connectivity index (χ1n) is 5.76. The number of H-pyrrole nitrogens is 1. The van der Waals surface area contributed by atoms with Crippen LogP contribution in [0.15, 0.2) is 15.7 Å². The minimum absolute atomic E-state index is 0.0193. The van der Waals surface area contributed by atoms with Crippen LogP contribution in [0.5, 0.6) is 0 Å². The first-order chi connectivity index (χ1) is 8.49. The molecule has 0 spiro atoms. The first kappa shape index (κ1) is 12.9. The number of likely N-dealkylation sites (tertiary alicyclic amines) is 1. The molecule has 0 aliphatic carbocycles. The van der Waals surface area contributed by atoms with Crippen LogP contribution < -0.4 is 11.2 Å². The van der Waals surface area contributed by atoms with Gasteiger partial charge in [0, 0.05) is 32.1 Å². The molecule has 1 aromatic heterocycles. The second-order valence-corrected chi connectivity index (χ2v) is 4.78. The highest BCUT2D eigenvalue weighted by atomic mass is 35.5. The third-order valence-corrected chi connectivity index (χ3v) is 3.41. The van der Waals surface area contributed by atoms with Gasteiger partial charge >= 0.3 is 5.69 Å². The number of carbonyl (C=O) groups excluding carboxylic acids is 1. The summed E-state index contributed by atoms with van der Waals surface area (Å²) in [5, 5.41) is 0.0439. The van der Waals surface area contributed by atoms with Gasteiger partial charge in [-0.1, -0.05) is 11.6 Å². The van der Waals surface area contributed by atoms with E-state index >= 15 is 0 Å². The molecule has 0 atom stereocenters. The summed E-state index contributed by atoms with van der Waals surface area (Å²) in [7, 11) is 0. The van der Waals surface area contributed by atoms with Gasteiger partial charge in [-0.05, 0) is 12.8 Å². The molecular formula is C11H14ClN3O3. The van der Waals surface area contributed by atoms with Crippen LogP contribution in [0, 0.1) is 0 Å². The maximum absolute atomic E-state index is 11.8. The molecular weight excluding hydrogens is 258 g/mol. The van der Waals surface area contributed by atoms with Crippen LogP contribution in [-0.4, -0.2) is 33.4 Å². The number of aromatic amines is 1. The molecule has 0 unspecified atom stereocenters. The molecule has 1 amide bonds. The fraction of sp³-hybridized carbons (Fsp3) is 0.545. The second-order valence-electron chi connectivity index (χ2n) is 4.37. The molecule has 1 N–H and O–H groups in total. The van der Waals surface area contributed by atoms with Gasteiger partial charge < -0.3 is 4.90 Å². The van der Waals surface area contributed by atoms with Gasteiger partial charge in [0.25, 0.3) is 5.56 Å². The number of nitrogens with zero attached hydrogens (tertiary/aromatic N) is 2. The Balaban J connectivity index is 2.23. The zero-order valence-electron chi connectivity index (χ0n) is 9.98. The van der Waals surface area contributed by atoms with E-state index in [1.54, 1.807) is 4.90 Å². The minimum Gasteiger partial charge on any atom is -0.343 e. The van der Waals surface area contributed by atoms with E-state index in [0.717, 1.165) is 0 Å². The summed E-state index contributed by atoms with van der Waals surface area (Å²) in [6, 6.07) is 1.02. The highest BCUT2D eigenvalue weighted by molar-refractivity contribution is 6.29. The Kier molecular flexibility index (Phi) is 3.56. The van der Waals surface area contributed by atoms with Crippen molar-refractivity contribution in [1.29, 1.82) is 0 Å². The molecule has 1 fully saturated rings. The average Bonchev–Trinajstić information content (AvgIpc) is 2.28. The smallest absolute Gasteiger partial charge is 0.329 e. The lowest BCUT2D eigenvalue weighted by Crippen LogP contribution is -2.44. The predicted molar refractivity (Wildman–Crippen MR) is 66.9 cm³/mol. The number of carbonyl (C=O) groups is 1. The van der Waals surface area contributed by atoms with E-state index < -0.39 is 11.2 Å². The molecule has 7 heteroatoms. The lowest BCUT2D eigenvalue weighted by Gasteiger charge is -2.31. The molecule has 1 saturated heterocycles. The van der Waals surface area contributed by atoms with E-state index in [9.17, 15) is 14.4 Å². The number of aromatic nitrogens is 2. The predicted octanol–water partition coefficient (Wildman–Crippen LogP) is 0.373. The fourth-order valence-electron chi connectivity index (χ4n) is 2.26. The normalized spacial score (nSPS) is 16.9. The summed E-state index contributed by atoms with van der Waals surface area (Å²) in [6.07, 6.45) is 1.20. The molecule has 0 bridgehead atoms. The zero-order valence-corrected chi connectivity index (χ0v) is 10.7. The molecule has 2 rings (SSSR count).